The highest BCUT2D eigenvalue weighted by molar-refractivity contribution is 5.67. The van der Waals surface area contributed by atoms with Gasteiger partial charge in [-0.15, -0.1) is 0 Å². The number of carboxylic acids is 1. The number of allylic oxidation sites excluding steroid dienone is 1. The Labute approximate surface area is 116 Å². The van der Waals surface area contributed by atoms with Crippen molar-refractivity contribution < 1.29 is 9.90 Å². The third kappa shape index (κ3) is 2.36. The number of nitrogens with zero attached hydrogens (tertiary/aromatic N) is 1. The summed E-state index contributed by atoms with van der Waals surface area (Å²) in [6.45, 7) is 8.38. The predicted octanol–water partition coefficient (Wildman–Crippen LogP) is 3.08. The molecule has 2 aliphatic heterocycles. The highest BCUT2D eigenvalue weighted by Crippen LogP contribution is 2.53. The van der Waals surface area contributed by atoms with Gasteiger partial charge >= 0.3 is 5.97 Å². The number of carbonyl (C=O) groups is 1. The third-order valence-corrected chi connectivity index (χ3v) is 5.12. The lowest BCUT2D eigenvalue weighted by molar-refractivity contribution is -0.138. The zero-order valence-corrected chi connectivity index (χ0v) is 12.2. The van der Waals surface area contributed by atoms with Gasteiger partial charge in [0.2, 0.25) is 0 Å². The molecular formula is C16H25NO2. The molecule has 0 aliphatic carbocycles. The fourth-order valence-corrected chi connectivity index (χ4v) is 4.20. The van der Waals surface area contributed by atoms with Gasteiger partial charge in [0.15, 0.2) is 0 Å². The number of aliphatic carboxylic acids is 1. The molecule has 2 bridgehead atoms. The summed E-state index contributed by atoms with van der Waals surface area (Å²) in [5.41, 5.74) is 1.25. The maximum atomic E-state index is 11.0. The predicted molar refractivity (Wildman–Crippen MR) is 77.0 cm³/mol. The number of rotatable bonds is 4. The molecule has 0 spiro atoms. The van der Waals surface area contributed by atoms with E-state index >= 15 is 0 Å². The molecule has 2 aliphatic rings. The first-order valence-electron chi connectivity index (χ1n) is 7.14. The van der Waals surface area contributed by atoms with Crippen molar-refractivity contribution in [2.45, 2.75) is 51.6 Å². The molecule has 0 saturated carbocycles. The van der Waals surface area contributed by atoms with E-state index < -0.39 is 5.97 Å². The molecule has 0 amide bonds. The minimum atomic E-state index is -0.666. The van der Waals surface area contributed by atoms with Crippen LogP contribution in [0.4, 0.5) is 0 Å². The SMILES string of the molecule is C=C(C)C1(/C=C/C)C[C@H]2C[C@H](CC(=O)O)C[C@@H]1N2C. The summed E-state index contributed by atoms with van der Waals surface area (Å²) in [4.78, 5) is 13.4. The van der Waals surface area contributed by atoms with E-state index in [0.29, 0.717) is 24.4 Å². The van der Waals surface area contributed by atoms with Crippen LogP contribution >= 0.6 is 0 Å². The number of carboxylic acid groups (broad SMARTS) is 1. The van der Waals surface area contributed by atoms with E-state index in [2.05, 4.69) is 44.5 Å². The molecule has 4 atom stereocenters. The van der Waals surface area contributed by atoms with Gasteiger partial charge in [-0.1, -0.05) is 24.3 Å². The quantitative estimate of drug-likeness (QED) is 0.792. The lowest BCUT2D eigenvalue weighted by Crippen LogP contribution is -2.44. The van der Waals surface area contributed by atoms with Gasteiger partial charge in [0.1, 0.15) is 0 Å². The Bertz CT molecular complexity index is 415. The van der Waals surface area contributed by atoms with Crippen LogP contribution in [-0.4, -0.2) is 35.1 Å². The summed E-state index contributed by atoms with van der Waals surface area (Å²) >= 11 is 0. The molecule has 2 rings (SSSR count). The summed E-state index contributed by atoms with van der Waals surface area (Å²) < 4.78 is 0. The van der Waals surface area contributed by atoms with Crippen LogP contribution in [0.3, 0.4) is 0 Å². The van der Waals surface area contributed by atoms with Gasteiger partial charge in [-0.25, -0.2) is 0 Å². The van der Waals surface area contributed by atoms with Crippen LogP contribution in [0, 0.1) is 11.3 Å². The highest BCUT2D eigenvalue weighted by Gasteiger charge is 2.53. The Hall–Kier alpha value is -1.09. The average molecular weight is 263 g/mol. The maximum Gasteiger partial charge on any atom is 0.303 e. The van der Waals surface area contributed by atoms with Crippen LogP contribution < -0.4 is 0 Å². The van der Waals surface area contributed by atoms with Crippen molar-refractivity contribution in [3.8, 4) is 0 Å². The largest absolute Gasteiger partial charge is 0.481 e. The first-order chi connectivity index (χ1) is 8.90. The van der Waals surface area contributed by atoms with Crippen molar-refractivity contribution in [2.24, 2.45) is 11.3 Å². The molecular weight excluding hydrogens is 238 g/mol. The monoisotopic (exact) mass is 263 g/mol. The number of fused-ring (bicyclic) bond motifs is 2. The molecule has 0 radical (unpaired) electrons. The summed E-state index contributed by atoms with van der Waals surface area (Å²) in [6, 6.07) is 0.903. The van der Waals surface area contributed by atoms with Gasteiger partial charge < -0.3 is 5.11 Å². The molecule has 2 fully saturated rings. The molecule has 3 heteroatoms. The van der Waals surface area contributed by atoms with E-state index in [4.69, 9.17) is 5.11 Å². The van der Waals surface area contributed by atoms with Gasteiger partial charge in [0.05, 0.1) is 0 Å². The number of piperidine rings is 1. The second-order valence-electron chi connectivity index (χ2n) is 6.30. The Morgan fingerprint density at radius 1 is 1.53 bits per heavy atom. The Kier molecular flexibility index (Phi) is 3.86. The Balaban J connectivity index is 2.27. The second-order valence-corrected chi connectivity index (χ2v) is 6.30. The Morgan fingerprint density at radius 2 is 2.21 bits per heavy atom. The van der Waals surface area contributed by atoms with E-state index in [-0.39, 0.29) is 5.41 Å². The van der Waals surface area contributed by atoms with E-state index in [1.807, 2.05) is 0 Å². The number of hydrogen-bond donors (Lipinski definition) is 1. The first kappa shape index (κ1) is 14.3. The van der Waals surface area contributed by atoms with E-state index in [1.165, 1.54) is 5.57 Å². The molecule has 1 N–H and O–H groups in total. The van der Waals surface area contributed by atoms with Crippen molar-refractivity contribution in [3.63, 3.8) is 0 Å². The molecule has 0 aromatic rings. The lowest BCUT2D eigenvalue weighted by Gasteiger charge is -2.40. The molecule has 2 heterocycles. The lowest BCUT2D eigenvalue weighted by atomic mass is 9.73. The van der Waals surface area contributed by atoms with Crippen LogP contribution in [0.15, 0.2) is 24.3 Å². The van der Waals surface area contributed by atoms with Crippen molar-refractivity contribution in [1.29, 1.82) is 0 Å². The van der Waals surface area contributed by atoms with Gasteiger partial charge in [-0.2, -0.15) is 0 Å². The zero-order chi connectivity index (χ0) is 14.2. The molecule has 19 heavy (non-hydrogen) atoms. The average Bonchev–Trinajstić information content (AvgIpc) is 2.47. The van der Waals surface area contributed by atoms with Crippen LogP contribution in [0.1, 0.15) is 39.5 Å². The molecule has 3 nitrogen and oxygen atoms in total. The van der Waals surface area contributed by atoms with Crippen LogP contribution in [0.5, 0.6) is 0 Å². The summed E-state index contributed by atoms with van der Waals surface area (Å²) in [5.74, 6) is -0.351. The minimum absolute atomic E-state index is 0.0431. The summed E-state index contributed by atoms with van der Waals surface area (Å²) in [7, 11) is 2.18. The number of hydrogen-bond acceptors (Lipinski definition) is 2. The van der Waals surface area contributed by atoms with E-state index in [0.717, 1.165) is 19.3 Å². The van der Waals surface area contributed by atoms with Crippen molar-refractivity contribution >= 4 is 5.97 Å². The molecule has 106 valence electrons. The first-order valence-corrected chi connectivity index (χ1v) is 7.14. The molecule has 1 unspecified atom stereocenters. The third-order valence-electron chi connectivity index (χ3n) is 5.12. The molecule has 0 aromatic heterocycles. The topological polar surface area (TPSA) is 40.5 Å². The normalized spacial score (nSPS) is 38.8. The summed E-state index contributed by atoms with van der Waals surface area (Å²) in [5, 5.41) is 9.02. The van der Waals surface area contributed by atoms with Gasteiger partial charge in [-0.05, 0) is 46.1 Å². The maximum absolute atomic E-state index is 11.0. The van der Waals surface area contributed by atoms with Crippen molar-refractivity contribution in [2.75, 3.05) is 7.05 Å². The second kappa shape index (κ2) is 5.12. The fourth-order valence-electron chi connectivity index (χ4n) is 4.20. The van der Waals surface area contributed by atoms with E-state index in [9.17, 15) is 4.79 Å². The minimum Gasteiger partial charge on any atom is -0.481 e. The smallest absolute Gasteiger partial charge is 0.303 e. The van der Waals surface area contributed by atoms with Gasteiger partial charge in [-0.3, -0.25) is 9.69 Å². The van der Waals surface area contributed by atoms with Gasteiger partial charge in [0, 0.05) is 23.9 Å². The van der Waals surface area contributed by atoms with Crippen LogP contribution in [0.2, 0.25) is 0 Å². The van der Waals surface area contributed by atoms with E-state index in [1.54, 1.807) is 0 Å². The zero-order valence-electron chi connectivity index (χ0n) is 12.2. The summed E-state index contributed by atoms with van der Waals surface area (Å²) in [6.07, 6.45) is 7.78. The fraction of sp³-hybridized carbons (Fsp3) is 0.688. The van der Waals surface area contributed by atoms with Gasteiger partial charge in [0.25, 0.3) is 0 Å². The van der Waals surface area contributed by atoms with Crippen molar-refractivity contribution in [3.05, 3.63) is 24.3 Å². The van der Waals surface area contributed by atoms with Crippen LogP contribution in [-0.2, 0) is 4.79 Å². The molecule has 2 saturated heterocycles. The highest BCUT2D eigenvalue weighted by atomic mass is 16.4. The standard InChI is InChI=1S/C16H25NO2/c1-5-6-16(11(2)3)10-13-7-12(9-15(18)19)8-14(16)17(13)4/h5-6,12-14H,2,7-10H2,1,3-4H3,(H,18,19)/b6-5+/t12-,13+,14-,16?/m0/s1. The molecule has 0 aromatic carbocycles. The Morgan fingerprint density at radius 3 is 2.74 bits per heavy atom. The van der Waals surface area contributed by atoms with Crippen molar-refractivity contribution in [1.82, 2.24) is 4.90 Å². The van der Waals surface area contributed by atoms with Crippen LogP contribution in [0.25, 0.3) is 0 Å².